The summed E-state index contributed by atoms with van der Waals surface area (Å²) in [5.41, 5.74) is -0.246. The van der Waals surface area contributed by atoms with E-state index in [4.69, 9.17) is 0 Å². The Morgan fingerprint density at radius 1 is 1.29 bits per heavy atom. The predicted octanol–water partition coefficient (Wildman–Crippen LogP) is 1.60. The molecule has 1 aliphatic rings. The van der Waals surface area contributed by atoms with Gasteiger partial charge in [-0.1, -0.05) is 24.3 Å². The summed E-state index contributed by atoms with van der Waals surface area (Å²) in [6.07, 6.45) is -1.06. The predicted molar refractivity (Wildman–Crippen MR) is 78.0 cm³/mol. The smallest absolute Gasteiger partial charge is 0.152 e. The number of sulfone groups is 1. The molecule has 0 spiro atoms. The van der Waals surface area contributed by atoms with Crippen LogP contribution in [0.15, 0.2) is 36.4 Å². The fourth-order valence-corrected chi connectivity index (χ4v) is 4.73. The molecule has 0 amide bonds. The maximum Gasteiger partial charge on any atom is 0.152 e. The van der Waals surface area contributed by atoms with Crippen molar-refractivity contribution < 1.29 is 13.5 Å². The molecule has 6 heteroatoms. The highest BCUT2D eigenvalue weighted by atomic mass is 32.2. The van der Waals surface area contributed by atoms with Gasteiger partial charge in [0.2, 0.25) is 0 Å². The Bertz CT molecular complexity index is 841. The zero-order valence-corrected chi connectivity index (χ0v) is 12.0. The highest BCUT2D eigenvalue weighted by Gasteiger charge is 2.49. The number of rotatable bonds is 2. The van der Waals surface area contributed by atoms with Gasteiger partial charge in [0.25, 0.3) is 0 Å². The second kappa shape index (κ2) is 4.79. The van der Waals surface area contributed by atoms with Gasteiger partial charge in [-0.25, -0.2) is 8.42 Å². The summed E-state index contributed by atoms with van der Waals surface area (Å²) in [6.45, 7) is 0. The molecule has 2 unspecified atom stereocenters. The van der Waals surface area contributed by atoms with E-state index in [1.54, 1.807) is 6.07 Å². The van der Waals surface area contributed by atoms with Crippen LogP contribution in [0.3, 0.4) is 0 Å². The first kappa shape index (κ1) is 14.0. The molecule has 108 valence electrons. The van der Waals surface area contributed by atoms with Gasteiger partial charge in [-0.2, -0.15) is 5.26 Å². The topological polar surface area (TPSA) is 91.0 Å². The average molecular weight is 302 g/mol. The molecular weight excluding hydrogens is 288 g/mol. The molecule has 2 heterocycles. The molecule has 1 N–H and O–H groups in total. The Morgan fingerprint density at radius 2 is 2.05 bits per heavy atom. The maximum atomic E-state index is 11.7. The van der Waals surface area contributed by atoms with Crippen LogP contribution >= 0.6 is 0 Å². The highest BCUT2D eigenvalue weighted by Crippen LogP contribution is 2.42. The van der Waals surface area contributed by atoms with Crippen molar-refractivity contribution in [1.82, 2.24) is 4.98 Å². The third-order valence-corrected chi connectivity index (χ3v) is 5.76. The van der Waals surface area contributed by atoms with Gasteiger partial charge in [-0.15, -0.1) is 0 Å². The monoisotopic (exact) mass is 302 g/mol. The van der Waals surface area contributed by atoms with Crippen LogP contribution in [0.2, 0.25) is 0 Å². The van der Waals surface area contributed by atoms with E-state index < -0.39 is 21.4 Å². The number of hydrogen-bond donors (Lipinski definition) is 1. The van der Waals surface area contributed by atoms with Gasteiger partial charge < -0.3 is 5.11 Å². The number of aromatic nitrogens is 1. The number of aliphatic hydroxyl groups excluding tert-OH is 1. The zero-order valence-electron chi connectivity index (χ0n) is 11.2. The molecule has 5 nitrogen and oxygen atoms in total. The Kier molecular flexibility index (Phi) is 3.19. The van der Waals surface area contributed by atoms with Gasteiger partial charge in [0, 0.05) is 5.39 Å². The van der Waals surface area contributed by atoms with Gasteiger partial charge in [0.05, 0.1) is 28.8 Å². The third-order valence-electron chi connectivity index (χ3n) is 3.98. The Labute approximate surface area is 122 Å². The number of benzene rings is 1. The summed E-state index contributed by atoms with van der Waals surface area (Å²) in [7, 11) is -3.27. The van der Waals surface area contributed by atoms with Gasteiger partial charge in [-0.05, 0) is 18.6 Å². The van der Waals surface area contributed by atoms with Crippen LogP contribution in [0, 0.1) is 16.7 Å². The van der Waals surface area contributed by atoms with E-state index in [0.717, 1.165) is 5.39 Å². The first-order valence-corrected chi connectivity index (χ1v) is 8.43. The van der Waals surface area contributed by atoms with Crippen LogP contribution in [0.5, 0.6) is 0 Å². The Hall–Kier alpha value is -1.97. The lowest BCUT2D eigenvalue weighted by atomic mass is 9.81. The van der Waals surface area contributed by atoms with Gasteiger partial charge in [-0.3, -0.25) is 4.98 Å². The molecule has 0 aliphatic carbocycles. The second-order valence-electron chi connectivity index (χ2n) is 5.44. The lowest BCUT2D eigenvalue weighted by Crippen LogP contribution is -2.29. The summed E-state index contributed by atoms with van der Waals surface area (Å²) >= 11 is 0. The fraction of sp³-hybridized carbons (Fsp3) is 0.333. The molecule has 0 saturated carbocycles. The molecule has 1 aliphatic heterocycles. The Morgan fingerprint density at radius 3 is 2.71 bits per heavy atom. The summed E-state index contributed by atoms with van der Waals surface area (Å²) in [6, 6.07) is 12.9. The van der Waals surface area contributed by atoms with Crippen molar-refractivity contribution in [2.75, 3.05) is 11.5 Å². The van der Waals surface area contributed by atoms with E-state index >= 15 is 0 Å². The van der Waals surface area contributed by atoms with Crippen molar-refractivity contribution in [3.8, 4) is 6.07 Å². The van der Waals surface area contributed by atoms with Gasteiger partial charge in [0.15, 0.2) is 9.84 Å². The molecule has 2 atom stereocenters. The highest BCUT2D eigenvalue weighted by molar-refractivity contribution is 7.91. The summed E-state index contributed by atoms with van der Waals surface area (Å²) in [5.74, 6) is -0.378. The van der Waals surface area contributed by atoms with Crippen LogP contribution in [0.25, 0.3) is 10.9 Å². The van der Waals surface area contributed by atoms with E-state index in [0.29, 0.717) is 11.2 Å². The molecule has 2 aromatic rings. The van der Waals surface area contributed by atoms with Crippen molar-refractivity contribution in [3.05, 3.63) is 42.1 Å². The number of nitrogens with zero attached hydrogens (tertiary/aromatic N) is 2. The normalized spacial score (nSPS) is 25.5. The standard InChI is InChI=1S/C15H14N2O3S/c16-9-15(7-8-21(19,20)10-15)14(18)13-6-5-11-3-1-2-4-12(11)17-13/h1-6,14,18H,7-8,10H2. The van der Waals surface area contributed by atoms with Gasteiger partial charge in [0.1, 0.15) is 11.5 Å². The van der Waals surface area contributed by atoms with E-state index in [2.05, 4.69) is 4.98 Å². The number of fused-ring (bicyclic) bond motifs is 1. The van der Waals surface area contributed by atoms with Crippen LogP contribution in [-0.2, 0) is 9.84 Å². The summed E-state index contributed by atoms with van der Waals surface area (Å²) < 4.78 is 23.3. The first-order chi connectivity index (χ1) is 9.96. The van der Waals surface area contributed by atoms with Gasteiger partial charge >= 0.3 is 0 Å². The average Bonchev–Trinajstić information content (AvgIpc) is 2.82. The van der Waals surface area contributed by atoms with Crippen molar-refractivity contribution in [2.45, 2.75) is 12.5 Å². The summed E-state index contributed by atoms with van der Waals surface area (Å²) in [5, 5.41) is 20.8. The minimum atomic E-state index is -3.27. The second-order valence-corrected chi connectivity index (χ2v) is 7.63. The fourth-order valence-electron chi connectivity index (χ4n) is 2.76. The molecule has 1 aromatic carbocycles. The van der Waals surface area contributed by atoms with Crippen molar-refractivity contribution in [2.24, 2.45) is 5.41 Å². The van der Waals surface area contributed by atoms with Crippen LogP contribution in [0.1, 0.15) is 18.2 Å². The number of nitriles is 1. The van der Waals surface area contributed by atoms with E-state index in [1.165, 1.54) is 0 Å². The molecular formula is C15H14N2O3S. The first-order valence-electron chi connectivity index (χ1n) is 6.61. The number of para-hydroxylation sites is 1. The summed E-state index contributed by atoms with van der Waals surface area (Å²) in [4.78, 5) is 4.36. The van der Waals surface area contributed by atoms with Crippen molar-refractivity contribution in [1.29, 1.82) is 5.26 Å². The molecule has 1 fully saturated rings. The van der Waals surface area contributed by atoms with Crippen LogP contribution in [0.4, 0.5) is 0 Å². The largest absolute Gasteiger partial charge is 0.385 e. The minimum absolute atomic E-state index is 0.0643. The quantitative estimate of drug-likeness (QED) is 0.909. The van der Waals surface area contributed by atoms with Crippen LogP contribution in [-0.4, -0.2) is 30.0 Å². The zero-order chi connectivity index (χ0) is 15.1. The SMILES string of the molecule is N#CC1(C(O)c2ccc3ccccc3n2)CCS(=O)(=O)C1. The maximum absolute atomic E-state index is 11.7. The lowest BCUT2D eigenvalue weighted by molar-refractivity contribution is 0.0757. The molecule has 1 aromatic heterocycles. The number of hydrogen-bond acceptors (Lipinski definition) is 5. The molecule has 0 radical (unpaired) electrons. The van der Waals surface area contributed by atoms with Crippen molar-refractivity contribution in [3.63, 3.8) is 0 Å². The van der Waals surface area contributed by atoms with E-state index in [9.17, 15) is 18.8 Å². The van der Waals surface area contributed by atoms with E-state index in [-0.39, 0.29) is 17.9 Å². The molecule has 21 heavy (non-hydrogen) atoms. The van der Waals surface area contributed by atoms with E-state index in [1.807, 2.05) is 36.4 Å². The number of aliphatic hydroxyl groups is 1. The number of pyridine rings is 1. The van der Waals surface area contributed by atoms with Crippen molar-refractivity contribution >= 4 is 20.7 Å². The molecule has 0 bridgehead atoms. The molecule has 3 rings (SSSR count). The Balaban J connectivity index is 2.03. The molecule has 1 saturated heterocycles. The minimum Gasteiger partial charge on any atom is -0.385 e. The van der Waals surface area contributed by atoms with Crippen LogP contribution < -0.4 is 0 Å². The lowest BCUT2D eigenvalue weighted by Gasteiger charge is -2.25. The third kappa shape index (κ3) is 2.39.